The van der Waals surface area contributed by atoms with Crippen LogP contribution in [0.3, 0.4) is 0 Å². The van der Waals surface area contributed by atoms with Crippen LogP contribution in [-0.2, 0) is 0 Å². The molecule has 8 heavy (non-hydrogen) atoms. The molecule has 1 aromatic heterocycles. The molecule has 0 saturated heterocycles. The van der Waals surface area contributed by atoms with Crippen molar-refractivity contribution in [2.75, 3.05) is 0 Å². The molecule has 0 atom stereocenters. The summed E-state index contributed by atoms with van der Waals surface area (Å²) in [5.74, 6) is 0. The van der Waals surface area contributed by atoms with Gasteiger partial charge < -0.3 is 0 Å². The van der Waals surface area contributed by atoms with Crippen molar-refractivity contribution in [3.63, 3.8) is 0 Å². The fraction of sp³-hybridized carbons (Fsp3) is 0.333. The quantitative estimate of drug-likeness (QED) is 0.590. The lowest BCUT2D eigenvalue weighted by Crippen LogP contribution is -1.56. The summed E-state index contributed by atoms with van der Waals surface area (Å²) in [6, 6.07) is 2.18. The topological polar surface area (TPSA) is 0 Å². The van der Waals surface area contributed by atoms with Crippen LogP contribution in [0.25, 0.3) is 0 Å². The molecule has 0 saturated carbocycles. The second kappa shape index (κ2) is 2.19. The number of hydrogen-bond acceptors (Lipinski definition) is 1. The molecular weight excluding hydrogens is 184 g/mol. The molecule has 44 valence electrons. The normalized spacial score (nSPS) is 9.88. The minimum Gasteiger partial charge on any atom is -0.133 e. The van der Waals surface area contributed by atoms with Gasteiger partial charge in [0.1, 0.15) is 0 Å². The first kappa shape index (κ1) is 6.30. The molecule has 0 fully saturated rings. The lowest BCUT2D eigenvalue weighted by atomic mass is 10.4. The molecule has 0 aliphatic rings. The number of rotatable bonds is 0. The van der Waals surface area contributed by atoms with Gasteiger partial charge in [0, 0.05) is 4.88 Å². The number of aryl methyl sites for hydroxylation is 2. The zero-order chi connectivity index (χ0) is 6.15. The first-order valence-electron chi connectivity index (χ1n) is 2.42. The Hall–Kier alpha value is 0.180. The highest BCUT2D eigenvalue weighted by molar-refractivity contribution is 9.11. The van der Waals surface area contributed by atoms with Crippen LogP contribution >= 0.6 is 27.3 Å². The van der Waals surface area contributed by atoms with Gasteiger partial charge in [0.2, 0.25) is 0 Å². The van der Waals surface area contributed by atoms with Crippen molar-refractivity contribution in [1.82, 2.24) is 0 Å². The van der Waals surface area contributed by atoms with E-state index in [4.69, 9.17) is 0 Å². The molecule has 1 heterocycles. The van der Waals surface area contributed by atoms with Crippen LogP contribution in [0.4, 0.5) is 0 Å². The maximum Gasteiger partial charge on any atom is 0.0730 e. The lowest BCUT2D eigenvalue weighted by Gasteiger charge is -1.77. The summed E-state index contributed by atoms with van der Waals surface area (Å²) in [5, 5.41) is 0. The first-order valence-corrected chi connectivity index (χ1v) is 4.03. The van der Waals surface area contributed by atoms with E-state index in [0.29, 0.717) is 0 Å². The fourth-order valence-corrected chi connectivity index (χ4v) is 2.23. The van der Waals surface area contributed by atoms with Gasteiger partial charge >= 0.3 is 0 Å². The largest absolute Gasteiger partial charge is 0.133 e. The molecule has 0 aliphatic carbocycles. The molecule has 0 nitrogen and oxygen atoms in total. The predicted octanol–water partition coefficient (Wildman–Crippen LogP) is 3.13. The molecule has 0 spiro atoms. The van der Waals surface area contributed by atoms with Crippen LogP contribution in [0.5, 0.6) is 0 Å². The van der Waals surface area contributed by atoms with Crippen LogP contribution in [0, 0.1) is 13.8 Å². The minimum atomic E-state index is 1.26. The van der Waals surface area contributed by atoms with Crippen LogP contribution < -0.4 is 0 Å². The number of hydrogen-bond donors (Lipinski definition) is 0. The van der Waals surface area contributed by atoms with E-state index in [1.807, 2.05) is 0 Å². The molecule has 0 aliphatic heterocycles. The molecule has 1 aromatic rings. The number of thiophene rings is 1. The second-order valence-corrected chi connectivity index (χ2v) is 4.39. The third-order valence-electron chi connectivity index (χ3n) is 0.980. The monoisotopic (exact) mass is 190 g/mol. The zero-order valence-corrected chi connectivity index (χ0v) is 7.27. The first-order chi connectivity index (χ1) is 3.70. The summed E-state index contributed by atoms with van der Waals surface area (Å²) >= 11 is 5.22. The van der Waals surface area contributed by atoms with E-state index in [0.717, 1.165) is 0 Å². The molecular formula is C6H7BrS. The van der Waals surface area contributed by atoms with E-state index in [9.17, 15) is 0 Å². The van der Waals surface area contributed by atoms with Crippen molar-refractivity contribution in [1.29, 1.82) is 0 Å². The Morgan fingerprint density at radius 2 is 2.12 bits per heavy atom. The highest BCUT2D eigenvalue weighted by Crippen LogP contribution is 2.25. The van der Waals surface area contributed by atoms with Crippen molar-refractivity contribution in [2.45, 2.75) is 13.8 Å². The Morgan fingerprint density at radius 1 is 1.50 bits per heavy atom. The second-order valence-electron chi connectivity index (χ2n) is 1.81. The highest BCUT2D eigenvalue weighted by Gasteiger charge is 1.95. The summed E-state index contributed by atoms with van der Waals surface area (Å²) in [5.41, 5.74) is 1.34. The molecule has 0 amide bonds. The van der Waals surface area contributed by atoms with Gasteiger partial charge in [-0.3, -0.25) is 0 Å². The molecule has 1 rings (SSSR count). The van der Waals surface area contributed by atoms with Gasteiger partial charge in [0.05, 0.1) is 3.79 Å². The van der Waals surface area contributed by atoms with Crippen molar-refractivity contribution < 1.29 is 0 Å². The SMILES string of the molecule is Cc1cc(C)c(Br)s1. The van der Waals surface area contributed by atoms with Crippen LogP contribution in [0.15, 0.2) is 9.85 Å². The Kier molecular flexibility index (Phi) is 1.73. The number of halogens is 1. The average Bonchev–Trinajstić information content (AvgIpc) is 1.85. The van der Waals surface area contributed by atoms with E-state index >= 15 is 0 Å². The van der Waals surface area contributed by atoms with E-state index in [1.165, 1.54) is 14.2 Å². The van der Waals surface area contributed by atoms with Crippen molar-refractivity contribution >= 4 is 27.3 Å². The van der Waals surface area contributed by atoms with Crippen LogP contribution in [0.2, 0.25) is 0 Å². The Morgan fingerprint density at radius 3 is 2.25 bits per heavy atom. The molecule has 0 aromatic carbocycles. The van der Waals surface area contributed by atoms with Crippen LogP contribution in [0.1, 0.15) is 10.4 Å². The van der Waals surface area contributed by atoms with E-state index in [1.54, 1.807) is 11.3 Å². The zero-order valence-electron chi connectivity index (χ0n) is 4.86. The fourth-order valence-electron chi connectivity index (χ4n) is 0.613. The predicted molar refractivity (Wildman–Crippen MR) is 41.5 cm³/mol. The summed E-state index contributed by atoms with van der Waals surface area (Å²) < 4.78 is 1.26. The molecule has 2 heteroatoms. The van der Waals surface area contributed by atoms with Gasteiger partial charge in [-0.1, -0.05) is 0 Å². The van der Waals surface area contributed by atoms with Gasteiger partial charge in [-0.25, -0.2) is 0 Å². The lowest BCUT2D eigenvalue weighted by molar-refractivity contribution is 1.49. The summed E-state index contributed by atoms with van der Waals surface area (Å²) in [6.45, 7) is 4.22. The maximum absolute atomic E-state index is 3.43. The maximum atomic E-state index is 3.43. The third-order valence-corrected chi connectivity index (χ3v) is 3.03. The molecule has 0 radical (unpaired) electrons. The van der Waals surface area contributed by atoms with E-state index in [-0.39, 0.29) is 0 Å². The van der Waals surface area contributed by atoms with Crippen molar-refractivity contribution in [3.8, 4) is 0 Å². The van der Waals surface area contributed by atoms with Crippen molar-refractivity contribution in [2.24, 2.45) is 0 Å². The molecule has 0 bridgehead atoms. The minimum absolute atomic E-state index is 1.26. The van der Waals surface area contributed by atoms with Gasteiger partial charge in [-0.05, 0) is 41.4 Å². The Balaban J connectivity index is 3.14. The molecule has 0 unspecified atom stereocenters. The summed E-state index contributed by atoms with van der Waals surface area (Å²) in [6.07, 6.45) is 0. The molecule has 0 N–H and O–H groups in total. The van der Waals surface area contributed by atoms with Gasteiger partial charge in [0.15, 0.2) is 0 Å². The third kappa shape index (κ3) is 1.12. The van der Waals surface area contributed by atoms with Crippen molar-refractivity contribution in [3.05, 3.63) is 20.3 Å². The van der Waals surface area contributed by atoms with Gasteiger partial charge in [-0.2, -0.15) is 0 Å². The summed E-state index contributed by atoms with van der Waals surface area (Å²) in [7, 11) is 0. The van der Waals surface area contributed by atoms with E-state index in [2.05, 4.69) is 35.8 Å². The average molecular weight is 191 g/mol. The Labute approximate surface area is 61.7 Å². The van der Waals surface area contributed by atoms with Gasteiger partial charge in [0.25, 0.3) is 0 Å². The summed E-state index contributed by atoms with van der Waals surface area (Å²) in [4.78, 5) is 1.37. The highest BCUT2D eigenvalue weighted by atomic mass is 79.9. The smallest absolute Gasteiger partial charge is 0.0730 e. The standard InChI is InChI=1S/C6H7BrS/c1-4-3-5(2)8-6(4)7/h3H,1-2H3. The Bertz CT molecular complexity index is 171. The van der Waals surface area contributed by atoms with Crippen LogP contribution in [-0.4, -0.2) is 0 Å². The van der Waals surface area contributed by atoms with E-state index < -0.39 is 0 Å². The van der Waals surface area contributed by atoms with Gasteiger partial charge in [-0.15, -0.1) is 11.3 Å².